The van der Waals surface area contributed by atoms with Crippen LogP contribution in [0.1, 0.15) is 197 Å². The van der Waals surface area contributed by atoms with E-state index in [9.17, 15) is 102 Å². The molecule has 2 aromatic heterocycles. The number of allylic oxidation sites excluding steroid dienone is 9. The third kappa shape index (κ3) is 37.8. The number of carbonyl (C=O) groups excluding carboxylic acids is 13. The van der Waals surface area contributed by atoms with E-state index in [0.29, 0.717) is 71.8 Å². The molecule has 0 spiro atoms. The number of aliphatic carboxylic acids is 3. The van der Waals surface area contributed by atoms with Crippen LogP contribution in [-0.4, -0.2) is 240 Å². The van der Waals surface area contributed by atoms with E-state index in [2.05, 4.69) is 96.7 Å². The van der Waals surface area contributed by atoms with Gasteiger partial charge in [-0.15, -0.1) is 0 Å². The number of carbonyl (C=O) groups is 16. The number of aliphatic hydroxyl groups is 1. The highest BCUT2D eigenvalue weighted by molar-refractivity contribution is 6.01. The molecule has 4 heterocycles. The molecule has 25 N–H and O–H groups in total. The highest BCUT2D eigenvalue weighted by Crippen LogP contribution is 2.54. The van der Waals surface area contributed by atoms with Crippen LogP contribution in [0.3, 0.4) is 0 Å². The maximum Gasteiger partial charge on any atom is 0.408 e. The van der Waals surface area contributed by atoms with Gasteiger partial charge in [-0.3, -0.25) is 57.7 Å². The molecular weight excluding hydrogens is 1950 g/mol. The van der Waals surface area contributed by atoms with E-state index in [1.165, 1.54) is 29.4 Å². The van der Waals surface area contributed by atoms with E-state index >= 15 is 0 Å². The van der Waals surface area contributed by atoms with Crippen LogP contribution in [-0.2, 0) is 89.6 Å². The van der Waals surface area contributed by atoms with Crippen LogP contribution in [0.15, 0.2) is 162 Å². The highest BCUT2D eigenvalue weighted by Gasteiger charge is 2.51. The number of aromatic hydroxyl groups is 1. The van der Waals surface area contributed by atoms with Gasteiger partial charge in [0, 0.05) is 78.6 Å². The molecule has 0 bridgehead atoms. The van der Waals surface area contributed by atoms with Crippen molar-refractivity contribution >= 4 is 129 Å². The number of benzene rings is 3. The second kappa shape index (κ2) is 58.0. The van der Waals surface area contributed by atoms with Gasteiger partial charge in [0.15, 0.2) is 11.2 Å². The molecular formula is C103H137N21O26. The predicted octanol–water partition coefficient (Wildman–Crippen LogP) is 6.19. The Balaban J connectivity index is 0.689. The van der Waals surface area contributed by atoms with Gasteiger partial charge in [-0.25, -0.2) is 39.8 Å². The van der Waals surface area contributed by atoms with E-state index in [0.717, 1.165) is 24.7 Å². The van der Waals surface area contributed by atoms with Crippen LogP contribution in [0, 0.1) is 35.5 Å². The third-order valence-electron chi connectivity index (χ3n) is 25.7. The first-order chi connectivity index (χ1) is 71.4. The van der Waals surface area contributed by atoms with Crippen LogP contribution >= 0.6 is 0 Å². The van der Waals surface area contributed by atoms with Gasteiger partial charge in [0.25, 0.3) is 11.8 Å². The summed E-state index contributed by atoms with van der Waals surface area (Å²) in [6, 6.07) is 7.01. The van der Waals surface area contributed by atoms with Crippen molar-refractivity contribution in [3.8, 4) is 5.88 Å². The fourth-order valence-corrected chi connectivity index (χ4v) is 17.3. The number of methoxy groups -OCH3 is 1. The van der Waals surface area contributed by atoms with E-state index in [1.807, 2.05) is 64.2 Å². The molecule has 6 unspecified atom stereocenters. The largest absolute Gasteiger partial charge is 0.492 e. The Morgan fingerprint density at radius 3 is 1.87 bits per heavy atom. The minimum absolute atomic E-state index is 0.0228. The third-order valence-corrected chi connectivity index (χ3v) is 25.7. The van der Waals surface area contributed by atoms with Crippen LogP contribution in [0.25, 0.3) is 11.2 Å². The van der Waals surface area contributed by atoms with Crippen molar-refractivity contribution in [1.29, 1.82) is 0 Å². The number of primary amides is 1. The molecule has 9 rings (SSSR count). The predicted molar refractivity (Wildman–Crippen MR) is 548 cm³/mol. The molecule has 2 fully saturated rings. The van der Waals surface area contributed by atoms with Crippen molar-refractivity contribution in [2.45, 2.75) is 250 Å². The summed E-state index contributed by atoms with van der Waals surface area (Å²) in [6.45, 7) is 14.9. The van der Waals surface area contributed by atoms with E-state index in [-0.39, 0.29) is 154 Å². The Morgan fingerprint density at radius 2 is 1.24 bits per heavy atom. The Kier molecular flexibility index (Phi) is 45.5. The smallest absolute Gasteiger partial charge is 0.408 e. The minimum atomic E-state index is -2.12. The first kappa shape index (κ1) is 118. The number of anilines is 4. The van der Waals surface area contributed by atoms with Crippen molar-refractivity contribution in [2.24, 2.45) is 52.8 Å². The summed E-state index contributed by atoms with van der Waals surface area (Å²) < 4.78 is 28.3. The van der Waals surface area contributed by atoms with Gasteiger partial charge in [-0.05, 0) is 200 Å². The SMILES string of the molecule is C/C=C/C1OC(C(/C=C/C=C(\C)C[C@@H](C)/C=C\C=C(/C)C2CC=CC(=O)O2)NC(=O)OCc2ccc(NC(=O)[C@H](CCCNC(N)=O)NC(=O)[C@@H](NC(=O)OC[C@@H]3C4CC/C(N)=C(/N(N)c5ccc(C(=O)NCCCC[C@H](NC(=O)[C@H](CC(=O)O)NC(=O)C(CC(=O)O)NC(=O)[C@H](CC(=O)O)NC(=O)CC[C@@H](C)NC(=O)c6ccc(NCc7cnc8nc(N)nc(O)c8n7)cc6)C(=O)OC)cc5)CC[C@@H]43)C(C)C)cc2)C[C@@H](O)[C@@H]1C. The monoisotopic (exact) mass is 2080 g/mol. The van der Waals surface area contributed by atoms with E-state index in [4.69, 9.17) is 46.7 Å². The first-order valence-corrected chi connectivity index (χ1v) is 49.5. The number of hydrogen-bond donors (Lipinski definition) is 21. The normalized spacial score (nSPS) is 19.9. The number of alkyl carbamates (subject to hydrolysis) is 2. The van der Waals surface area contributed by atoms with Crippen LogP contribution in [0.4, 0.5) is 37.4 Å². The summed E-state index contributed by atoms with van der Waals surface area (Å²) in [5, 5.41) is 83.0. The van der Waals surface area contributed by atoms with Gasteiger partial charge in [-0.1, -0.05) is 100 Å². The highest BCUT2D eigenvalue weighted by atomic mass is 16.6. The Morgan fingerprint density at radius 1 is 0.640 bits per heavy atom. The number of urea groups is 1. The van der Waals surface area contributed by atoms with Gasteiger partial charge in [0.2, 0.25) is 47.3 Å². The molecule has 5 aromatic rings. The van der Waals surface area contributed by atoms with Gasteiger partial charge in [0.05, 0.1) is 87.2 Å². The number of cyclic esters (lactones) is 1. The average Bonchev–Trinajstić information content (AvgIpc) is 1.61. The molecule has 47 nitrogen and oxygen atoms in total. The number of unbranched alkanes of at least 4 members (excludes halogenated alkanes) is 1. The number of rotatable bonds is 54. The van der Waals surface area contributed by atoms with Gasteiger partial charge < -0.3 is 130 Å². The molecule has 1 saturated carbocycles. The number of nitrogens with two attached hydrogens (primary N) is 4. The molecule has 0 radical (unpaired) electrons. The molecule has 47 heteroatoms. The molecule has 2 aliphatic carbocycles. The quantitative estimate of drug-likeness (QED) is 0.00392. The summed E-state index contributed by atoms with van der Waals surface area (Å²) >= 11 is 0. The van der Waals surface area contributed by atoms with Crippen LogP contribution < -0.4 is 91.9 Å². The number of carboxylic acid groups (broad SMARTS) is 3. The number of fused-ring (bicyclic) bond motifs is 2. The zero-order valence-electron chi connectivity index (χ0n) is 85.1. The van der Waals surface area contributed by atoms with Crippen molar-refractivity contribution in [2.75, 3.05) is 48.2 Å². The number of nitrogens with zero attached hydrogens (tertiary/aromatic N) is 5. The number of ether oxygens (including phenoxy) is 5. The number of esters is 2. The molecule has 810 valence electrons. The number of nitrogens with one attached hydrogen (secondary N) is 12. The maximum atomic E-state index is 14.2. The second-order valence-electron chi connectivity index (χ2n) is 37.8. The van der Waals surface area contributed by atoms with Crippen molar-refractivity contribution in [3.63, 3.8) is 0 Å². The molecule has 150 heavy (non-hydrogen) atoms. The lowest BCUT2D eigenvalue weighted by molar-refractivity contribution is -0.146. The number of hydrazine groups is 1. The van der Waals surface area contributed by atoms with Crippen LogP contribution in [0.5, 0.6) is 5.88 Å². The topological polar surface area (TPSA) is 724 Å². The number of carboxylic acids is 3. The number of amides is 12. The standard InChI is InChI=1S/C103H137N21O26/c1-10-17-81-60(8)79(125)50-82(149-81)72(22-14-19-57(5)46-56(4)18-13-20-58(6)80-24-15-25-87(133)150-80)120-102(144)147-53-61-27-33-65(34-28-61)114-93(136)73(23-16-45-109-101(106)143)116-97(140)88(55(2)3)121-103(145)148-54-70-68-39-41-71(104)78(42-40-69(68)70)124(107)67-37-31-62(32-38-67)91(134)108-44-12-11-21-74(99(142)146-9)117-95(138)76(48-85(129)130)119-96(139)77(49-86(131)132)118-94(137)75(47-84(127)128)115-83(126)43-26-59(7)112-92(135)63-29-35-64(36-30-63)110-51-66-52-111-90-89(113-66)98(141)123-100(105)122-90/h10,13-15,17-20,22,25,27-38,52,55-56,59-60,68-70,72-77,79-82,88,110,125H,11-12,16,21,23-24,26,39-51,53-54,104,107H2,1-9H3,(H,108,134)(H,112,135)(H,114,136)(H,115,126)(H,116,140)(H,117,138)(H,118,137)(H,119,139)(H,120,144)(H,121,145)(H,127,128)(H,129,130)(H,131,132)(H3,106,109,143)(H3,105,111,122,123,141)/b17-10+,18-13-,22-14+,57-19+,58-20+,78-71-/t56-,59+,60-,68?,69-,70+,72?,73-,74-,75-,76-,77?,79+,80?,81?,82?,88-/m0/s1. The second-order valence-corrected chi connectivity index (χ2v) is 37.8. The molecule has 3 aromatic carbocycles. The minimum Gasteiger partial charge on any atom is -0.492 e. The first-order valence-electron chi connectivity index (χ1n) is 49.5. The summed E-state index contributed by atoms with van der Waals surface area (Å²) in [4.78, 5) is 225. The van der Waals surface area contributed by atoms with Crippen LogP contribution in [0.2, 0.25) is 0 Å². The Hall–Kier alpha value is -15.9. The van der Waals surface area contributed by atoms with E-state index in [1.54, 1.807) is 93.6 Å². The lowest BCUT2D eigenvalue weighted by Crippen LogP contribution is -2.58. The lowest BCUT2D eigenvalue weighted by Gasteiger charge is -2.39. The Bertz CT molecular complexity index is 5840. The summed E-state index contributed by atoms with van der Waals surface area (Å²) in [6.07, 6.45) is 16.7. The van der Waals surface area contributed by atoms with Crippen molar-refractivity contribution in [1.82, 2.24) is 73.1 Å². The van der Waals surface area contributed by atoms with Gasteiger partial charge >= 0.3 is 48.1 Å². The molecule has 12 amide bonds. The number of nitrogen functional groups attached to an aromatic ring is 1. The fourth-order valence-electron chi connectivity index (χ4n) is 17.3. The van der Waals surface area contributed by atoms with Gasteiger partial charge in [-0.2, -0.15) is 9.97 Å². The summed E-state index contributed by atoms with van der Waals surface area (Å²) in [7, 11) is 1.01. The summed E-state index contributed by atoms with van der Waals surface area (Å²) in [5.41, 5.74) is 23.8. The van der Waals surface area contributed by atoms with E-state index < -0.39 is 187 Å². The average molecular weight is 2090 g/mol. The zero-order chi connectivity index (χ0) is 110. The number of hydrogen-bond acceptors (Lipinski definition) is 32. The maximum absolute atomic E-state index is 14.2. The van der Waals surface area contributed by atoms with Crippen molar-refractivity contribution < 1.29 is 126 Å². The molecule has 1 saturated heterocycles. The zero-order valence-corrected chi connectivity index (χ0v) is 85.1. The molecule has 17 atom stereocenters. The van der Waals surface area contributed by atoms with Crippen molar-refractivity contribution in [3.05, 3.63) is 185 Å². The lowest BCUT2D eigenvalue weighted by atomic mass is 9.87. The Labute approximate surface area is 866 Å². The fraction of sp³-hybridized carbons (Fsp3) is 0.476. The number of aromatic nitrogens is 4. The number of aliphatic hydroxyl groups excluding tert-OH is 1. The van der Waals surface area contributed by atoms with Gasteiger partial charge in [0.1, 0.15) is 49.0 Å². The molecule has 4 aliphatic rings. The molecule has 2 aliphatic heterocycles. The summed E-state index contributed by atoms with van der Waals surface area (Å²) in [5.74, 6) is -7.77.